The molecule has 1 heterocycles. The fourth-order valence-corrected chi connectivity index (χ4v) is 1.83. The molecule has 1 aliphatic rings. The number of aromatic amines is 1. The SMILES string of the molecule is CCOC(=O)c1cc2c([nH]1)CCC2N. The van der Waals surface area contributed by atoms with Crippen molar-refractivity contribution in [3.05, 3.63) is 23.0 Å². The summed E-state index contributed by atoms with van der Waals surface area (Å²) in [5.74, 6) is -0.297. The quantitative estimate of drug-likeness (QED) is 0.693. The van der Waals surface area contributed by atoms with Crippen LogP contribution in [0, 0.1) is 0 Å². The Hall–Kier alpha value is -1.29. The highest BCUT2D eigenvalue weighted by Crippen LogP contribution is 2.29. The number of fused-ring (bicyclic) bond motifs is 1. The Morgan fingerprint density at radius 2 is 2.57 bits per heavy atom. The van der Waals surface area contributed by atoms with Gasteiger partial charge in [-0.1, -0.05) is 0 Å². The second kappa shape index (κ2) is 3.46. The van der Waals surface area contributed by atoms with E-state index in [0.717, 1.165) is 24.1 Å². The lowest BCUT2D eigenvalue weighted by Gasteiger charge is -2.00. The maximum Gasteiger partial charge on any atom is 0.354 e. The third kappa shape index (κ3) is 1.42. The van der Waals surface area contributed by atoms with E-state index < -0.39 is 0 Å². The molecule has 0 amide bonds. The van der Waals surface area contributed by atoms with Crippen LogP contribution in [-0.4, -0.2) is 17.6 Å². The van der Waals surface area contributed by atoms with Gasteiger partial charge in [0.25, 0.3) is 0 Å². The number of esters is 1. The van der Waals surface area contributed by atoms with E-state index in [1.54, 1.807) is 6.92 Å². The zero-order chi connectivity index (χ0) is 10.1. The molecule has 0 aliphatic heterocycles. The molecule has 4 nitrogen and oxygen atoms in total. The molecule has 2 rings (SSSR count). The van der Waals surface area contributed by atoms with Crippen molar-refractivity contribution in [3.8, 4) is 0 Å². The minimum atomic E-state index is -0.297. The molecule has 0 saturated carbocycles. The van der Waals surface area contributed by atoms with Crippen LogP contribution in [0.3, 0.4) is 0 Å². The largest absolute Gasteiger partial charge is 0.461 e. The molecule has 1 aromatic rings. The van der Waals surface area contributed by atoms with Crippen molar-refractivity contribution >= 4 is 5.97 Å². The Kier molecular flexibility index (Phi) is 2.29. The van der Waals surface area contributed by atoms with E-state index >= 15 is 0 Å². The first-order chi connectivity index (χ1) is 6.72. The van der Waals surface area contributed by atoms with Gasteiger partial charge in [0.15, 0.2) is 0 Å². The number of H-pyrrole nitrogens is 1. The summed E-state index contributed by atoms with van der Waals surface area (Å²) < 4.78 is 4.89. The Morgan fingerprint density at radius 1 is 1.79 bits per heavy atom. The van der Waals surface area contributed by atoms with Crippen LogP contribution < -0.4 is 5.73 Å². The van der Waals surface area contributed by atoms with Gasteiger partial charge >= 0.3 is 5.97 Å². The van der Waals surface area contributed by atoms with Crippen molar-refractivity contribution in [1.82, 2.24) is 4.98 Å². The summed E-state index contributed by atoms with van der Waals surface area (Å²) in [5, 5.41) is 0. The number of nitrogens with one attached hydrogen (secondary N) is 1. The number of carbonyl (C=O) groups is 1. The first kappa shape index (κ1) is 9.27. The van der Waals surface area contributed by atoms with Crippen molar-refractivity contribution in [2.45, 2.75) is 25.8 Å². The van der Waals surface area contributed by atoms with Crippen molar-refractivity contribution in [3.63, 3.8) is 0 Å². The molecule has 0 spiro atoms. The first-order valence-corrected chi connectivity index (χ1v) is 4.87. The summed E-state index contributed by atoms with van der Waals surface area (Å²) in [6.45, 7) is 2.19. The lowest BCUT2D eigenvalue weighted by atomic mass is 10.2. The Labute approximate surface area is 82.4 Å². The van der Waals surface area contributed by atoms with E-state index in [1.807, 2.05) is 6.07 Å². The summed E-state index contributed by atoms with van der Waals surface area (Å²) in [6.07, 6.45) is 1.89. The van der Waals surface area contributed by atoms with E-state index in [1.165, 1.54) is 0 Å². The van der Waals surface area contributed by atoms with Gasteiger partial charge in [0.2, 0.25) is 0 Å². The minimum Gasteiger partial charge on any atom is -0.461 e. The number of aromatic nitrogens is 1. The number of hydrogen-bond donors (Lipinski definition) is 2. The molecular weight excluding hydrogens is 180 g/mol. The van der Waals surface area contributed by atoms with Crippen LogP contribution in [0.15, 0.2) is 6.07 Å². The molecule has 0 bridgehead atoms. The van der Waals surface area contributed by atoms with E-state index in [-0.39, 0.29) is 12.0 Å². The lowest BCUT2D eigenvalue weighted by molar-refractivity contribution is 0.0520. The van der Waals surface area contributed by atoms with Crippen LogP contribution in [0.4, 0.5) is 0 Å². The van der Waals surface area contributed by atoms with Gasteiger partial charge in [0, 0.05) is 11.7 Å². The smallest absolute Gasteiger partial charge is 0.354 e. The van der Waals surface area contributed by atoms with Gasteiger partial charge < -0.3 is 15.5 Å². The van der Waals surface area contributed by atoms with E-state index in [2.05, 4.69) is 4.98 Å². The zero-order valence-electron chi connectivity index (χ0n) is 8.17. The molecule has 76 valence electrons. The van der Waals surface area contributed by atoms with Crippen LogP contribution >= 0.6 is 0 Å². The molecule has 1 unspecified atom stereocenters. The second-order valence-electron chi connectivity index (χ2n) is 3.48. The van der Waals surface area contributed by atoms with Crippen molar-refractivity contribution < 1.29 is 9.53 Å². The fraction of sp³-hybridized carbons (Fsp3) is 0.500. The van der Waals surface area contributed by atoms with Gasteiger partial charge in [-0.2, -0.15) is 0 Å². The van der Waals surface area contributed by atoms with Crippen LogP contribution in [0.2, 0.25) is 0 Å². The average molecular weight is 194 g/mol. The molecule has 4 heteroatoms. The summed E-state index contributed by atoms with van der Waals surface area (Å²) >= 11 is 0. The van der Waals surface area contributed by atoms with Gasteiger partial charge in [-0.3, -0.25) is 0 Å². The highest BCUT2D eigenvalue weighted by atomic mass is 16.5. The zero-order valence-corrected chi connectivity index (χ0v) is 8.17. The second-order valence-corrected chi connectivity index (χ2v) is 3.48. The third-order valence-electron chi connectivity index (χ3n) is 2.53. The normalized spacial score (nSPS) is 19.4. The first-order valence-electron chi connectivity index (χ1n) is 4.87. The highest BCUT2D eigenvalue weighted by Gasteiger charge is 2.23. The molecule has 1 atom stereocenters. The van der Waals surface area contributed by atoms with Gasteiger partial charge in [0.05, 0.1) is 6.61 Å². The maximum atomic E-state index is 11.4. The number of nitrogens with two attached hydrogens (primary N) is 1. The molecule has 0 saturated heterocycles. The number of hydrogen-bond acceptors (Lipinski definition) is 3. The van der Waals surface area contributed by atoms with E-state index in [0.29, 0.717) is 12.3 Å². The molecule has 1 aliphatic carbocycles. The molecule has 0 fully saturated rings. The van der Waals surface area contributed by atoms with Crippen LogP contribution in [-0.2, 0) is 11.2 Å². The number of aryl methyl sites for hydroxylation is 1. The van der Waals surface area contributed by atoms with E-state index in [9.17, 15) is 4.79 Å². The molecule has 0 radical (unpaired) electrons. The van der Waals surface area contributed by atoms with Gasteiger partial charge in [-0.15, -0.1) is 0 Å². The van der Waals surface area contributed by atoms with Gasteiger partial charge in [0.1, 0.15) is 5.69 Å². The monoisotopic (exact) mass is 194 g/mol. The van der Waals surface area contributed by atoms with Crippen LogP contribution in [0.25, 0.3) is 0 Å². The third-order valence-corrected chi connectivity index (χ3v) is 2.53. The molecule has 1 aromatic heterocycles. The van der Waals surface area contributed by atoms with Crippen LogP contribution in [0.1, 0.15) is 41.1 Å². The van der Waals surface area contributed by atoms with E-state index in [4.69, 9.17) is 10.5 Å². The lowest BCUT2D eigenvalue weighted by Crippen LogP contribution is -2.07. The standard InChI is InChI=1S/C10H14N2O2/c1-2-14-10(13)9-5-6-7(11)3-4-8(6)12-9/h5,7,12H,2-4,11H2,1H3. The molecule has 14 heavy (non-hydrogen) atoms. The Morgan fingerprint density at radius 3 is 3.21 bits per heavy atom. The fourth-order valence-electron chi connectivity index (χ4n) is 1.83. The summed E-state index contributed by atoms with van der Waals surface area (Å²) in [7, 11) is 0. The topological polar surface area (TPSA) is 68.1 Å². The van der Waals surface area contributed by atoms with Crippen molar-refractivity contribution in [2.24, 2.45) is 5.73 Å². The maximum absolute atomic E-state index is 11.4. The average Bonchev–Trinajstić information content (AvgIpc) is 2.69. The Balaban J connectivity index is 2.22. The summed E-state index contributed by atoms with van der Waals surface area (Å²) in [4.78, 5) is 14.4. The van der Waals surface area contributed by atoms with Crippen molar-refractivity contribution in [2.75, 3.05) is 6.61 Å². The number of ether oxygens (including phenoxy) is 1. The van der Waals surface area contributed by atoms with Gasteiger partial charge in [-0.25, -0.2) is 4.79 Å². The predicted molar refractivity (Wildman–Crippen MR) is 52.0 cm³/mol. The molecular formula is C10H14N2O2. The number of carbonyl (C=O) groups excluding carboxylic acids is 1. The van der Waals surface area contributed by atoms with Crippen LogP contribution in [0.5, 0.6) is 0 Å². The summed E-state index contributed by atoms with van der Waals surface area (Å²) in [6, 6.07) is 1.88. The summed E-state index contributed by atoms with van der Waals surface area (Å²) in [5.41, 5.74) is 8.53. The molecule has 0 aromatic carbocycles. The highest BCUT2D eigenvalue weighted by molar-refractivity contribution is 5.88. The minimum absolute atomic E-state index is 0.0735. The van der Waals surface area contributed by atoms with Gasteiger partial charge in [-0.05, 0) is 31.4 Å². The van der Waals surface area contributed by atoms with Crippen molar-refractivity contribution in [1.29, 1.82) is 0 Å². The number of rotatable bonds is 2. The Bertz CT molecular complexity index is 357. The predicted octanol–water partition coefficient (Wildman–Crippen LogP) is 1.14. The molecule has 3 N–H and O–H groups in total.